The molecule has 138 valence electrons. The quantitative estimate of drug-likeness (QED) is 0.723. The maximum absolute atomic E-state index is 13.8. The second kappa shape index (κ2) is 7.49. The molecule has 3 rings (SSSR count). The van der Waals surface area contributed by atoms with Gasteiger partial charge in [-0.05, 0) is 16.3 Å². The number of carbonyl (C=O) groups excluding carboxylic acids is 2. The van der Waals surface area contributed by atoms with Crippen molar-refractivity contribution >= 4 is 22.6 Å². The van der Waals surface area contributed by atoms with Crippen molar-refractivity contribution in [1.82, 2.24) is 5.32 Å². The molecule has 3 aromatic rings. The van der Waals surface area contributed by atoms with E-state index in [9.17, 15) is 22.8 Å². The fourth-order valence-corrected chi connectivity index (χ4v) is 2.81. The summed E-state index contributed by atoms with van der Waals surface area (Å²) in [6, 6.07) is 12.6. The summed E-state index contributed by atoms with van der Waals surface area (Å²) in [5.74, 6) is -5.92. The monoisotopic (exact) mass is 372 g/mol. The zero-order valence-corrected chi connectivity index (χ0v) is 14.0. The molecular formula is C20H15F3N2O2. The predicted molar refractivity (Wildman–Crippen MR) is 94.4 cm³/mol. The Balaban J connectivity index is 1.83. The van der Waals surface area contributed by atoms with Crippen LogP contribution in [0.4, 0.5) is 13.2 Å². The molecule has 1 atom stereocenters. The van der Waals surface area contributed by atoms with Crippen molar-refractivity contribution in [1.29, 1.82) is 0 Å². The molecule has 7 heteroatoms. The molecule has 0 aromatic heterocycles. The van der Waals surface area contributed by atoms with E-state index in [1.54, 1.807) is 6.07 Å². The Morgan fingerprint density at radius 3 is 2.19 bits per heavy atom. The summed E-state index contributed by atoms with van der Waals surface area (Å²) >= 11 is 0. The van der Waals surface area contributed by atoms with Gasteiger partial charge < -0.3 is 11.1 Å². The normalized spacial score (nSPS) is 12.0. The largest absolute Gasteiger partial charge is 0.368 e. The van der Waals surface area contributed by atoms with E-state index < -0.39 is 40.9 Å². The molecule has 0 fully saturated rings. The van der Waals surface area contributed by atoms with Gasteiger partial charge in [0.05, 0.1) is 0 Å². The van der Waals surface area contributed by atoms with Crippen LogP contribution >= 0.6 is 0 Å². The van der Waals surface area contributed by atoms with Crippen LogP contribution in [0.2, 0.25) is 0 Å². The SMILES string of the molecule is NC(=O)[C@@H](Cc1ccc2ccccc2c1)NC(=O)c1c(F)cc(F)cc1F. The average molecular weight is 372 g/mol. The van der Waals surface area contributed by atoms with Crippen LogP contribution < -0.4 is 11.1 Å². The number of amides is 2. The van der Waals surface area contributed by atoms with Crippen molar-refractivity contribution < 1.29 is 22.8 Å². The fraction of sp³-hybridized carbons (Fsp3) is 0.100. The highest BCUT2D eigenvalue weighted by Crippen LogP contribution is 2.18. The number of nitrogens with one attached hydrogen (secondary N) is 1. The Bertz CT molecular complexity index is 1010. The number of primary amides is 1. The Morgan fingerprint density at radius 1 is 0.926 bits per heavy atom. The highest BCUT2D eigenvalue weighted by molar-refractivity contribution is 5.97. The summed E-state index contributed by atoms with van der Waals surface area (Å²) in [7, 11) is 0. The summed E-state index contributed by atoms with van der Waals surface area (Å²) in [5.41, 5.74) is 5.06. The Morgan fingerprint density at radius 2 is 1.56 bits per heavy atom. The van der Waals surface area contributed by atoms with Gasteiger partial charge in [-0.15, -0.1) is 0 Å². The van der Waals surface area contributed by atoms with E-state index in [1.165, 1.54) is 0 Å². The summed E-state index contributed by atoms with van der Waals surface area (Å²) in [6.45, 7) is 0. The van der Waals surface area contributed by atoms with Gasteiger partial charge >= 0.3 is 0 Å². The van der Waals surface area contributed by atoms with Crippen LogP contribution in [0, 0.1) is 17.5 Å². The maximum atomic E-state index is 13.8. The third kappa shape index (κ3) is 4.08. The van der Waals surface area contributed by atoms with Crippen molar-refractivity contribution in [3.05, 3.63) is 83.2 Å². The smallest absolute Gasteiger partial charge is 0.257 e. The van der Waals surface area contributed by atoms with Crippen LogP contribution in [0.3, 0.4) is 0 Å². The van der Waals surface area contributed by atoms with Gasteiger partial charge in [0.1, 0.15) is 29.1 Å². The zero-order valence-electron chi connectivity index (χ0n) is 14.0. The summed E-state index contributed by atoms with van der Waals surface area (Å²) in [4.78, 5) is 23.9. The van der Waals surface area contributed by atoms with Gasteiger partial charge in [0.15, 0.2) is 0 Å². The lowest BCUT2D eigenvalue weighted by Crippen LogP contribution is -2.46. The third-order valence-corrected chi connectivity index (χ3v) is 4.14. The number of carbonyl (C=O) groups is 2. The molecule has 3 aromatic carbocycles. The zero-order chi connectivity index (χ0) is 19.6. The Labute approximate surface area is 152 Å². The standard InChI is InChI=1S/C20H15F3N2O2/c21-14-9-15(22)18(16(23)10-14)20(27)25-17(19(24)26)8-11-5-6-12-3-1-2-4-13(12)7-11/h1-7,9-10,17H,8H2,(H2,24,26)(H,25,27)/t17-/m1/s1. The van der Waals surface area contributed by atoms with Crippen LogP contribution in [0.25, 0.3) is 10.8 Å². The molecule has 4 nitrogen and oxygen atoms in total. The summed E-state index contributed by atoms with van der Waals surface area (Å²) in [5, 5.41) is 4.14. The average Bonchev–Trinajstić information content (AvgIpc) is 2.60. The molecule has 0 saturated carbocycles. The molecule has 2 amide bonds. The van der Waals surface area contributed by atoms with E-state index in [2.05, 4.69) is 5.32 Å². The van der Waals surface area contributed by atoms with Gasteiger partial charge in [0.25, 0.3) is 5.91 Å². The third-order valence-electron chi connectivity index (χ3n) is 4.14. The van der Waals surface area contributed by atoms with E-state index in [4.69, 9.17) is 5.73 Å². The number of rotatable bonds is 5. The highest BCUT2D eigenvalue weighted by atomic mass is 19.1. The van der Waals surface area contributed by atoms with Gasteiger partial charge in [0, 0.05) is 18.6 Å². The Hall–Kier alpha value is -3.35. The second-order valence-electron chi connectivity index (χ2n) is 6.06. The number of hydrogen-bond donors (Lipinski definition) is 2. The van der Waals surface area contributed by atoms with Crippen molar-refractivity contribution in [2.24, 2.45) is 5.73 Å². The van der Waals surface area contributed by atoms with Gasteiger partial charge in [-0.3, -0.25) is 9.59 Å². The number of halogens is 3. The number of hydrogen-bond acceptors (Lipinski definition) is 2. The first kappa shape index (κ1) is 18.4. The van der Waals surface area contributed by atoms with E-state index in [0.717, 1.165) is 10.8 Å². The fourth-order valence-electron chi connectivity index (χ4n) is 2.81. The molecule has 0 radical (unpaired) electrons. The minimum atomic E-state index is -1.36. The topological polar surface area (TPSA) is 72.2 Å². The molecule has 0 heterocycles. The Kier molecular flexibility index (Phi) is 5.12. The van der Waals surface area contributed by atoms with Crippen molar-refractivity contribution in [2.75, 3.05) is 0 Å². The molecule has 0 aliphatic carbocycles. The van der Waals surface area contributed by atoms with Crippen LogP contribution in [0.1, 0.15) is 15.9 Å². The van der Waals surface area contributed by atoms with E-state index in [-0.39, 0.29) is 6.42 Å². The molecule has 0 aliphatic rings. The summed E-state index contributed by atoms with van der Waals surface area (Å²) < 4.78 is 40.5. The lowest BCUT2D eigenvalue weighted by Gasteiger charge is -2.16. The van der Waals surface area contributed by atoms with E-state index >= 15 is 0 Å². The molecular weight excluding hydrogens is 357 g/mol. The summed E-state index contributed by atoms with van der Waals surface area (Å²) in [6.07, 6.45) is 0.0380. The van der Waals surface area contributed by atoms with Gasteiger partial charge in [-0.25, -0.2) is 13.2 Å². The van der Waals surface area contributed by atoms with Crippen molar-refractivity contribution in [3.8, 4) is 0 Å². The van der Waals surface area contributed by atoms with Crippen LogP contribution in [-0.4, -0.2) is 17.9 Å². The molecule has 0 unspecified atom stereocenters. The predicted octanol–water partition coefficient (Wildman–Crippen LogP) is 3.08. The lowest BCUT2D eigenvalue weighted by molar-refractivity contribution is -0.119. The van der Waals surface area contributed by atoms with Crippen molar-refractivity contribution in [3.63, 3.8) is 0 Å². The number of benzene rings is 3. The van der Waals surface area contributed by atoms with Gasteiger partial charge in [-0.2, -0.15) is 0 Å². The van der Waals surface area contributed by atoms with Gasteiger partial charge in [0.2, 0.25) is 5.91 Å². The van der Waals surface area contributed by atoms with Gasteiger partial charge in [-0.1, -0.05) is 42.5 Å². The second-order valence-corrected chi connectivity index (χ2v) is 6.06. The lowest BCUT2D eigenvalue weighted by atomic mass is 10.0. The minimum Gasteiger partial charge on any atom is -0.368 e. The van der Waals surface area contributed by atoms with Crippen LogP contribution in [-0.2, 0) is 11.2 Å². The first-order valence-electron chi connectivity index (χ1n) is 8.07. The first-order chi connectivity index (χ1) is 12.8. The first-order valence-corrected chi connectivity index (χ1v) is 8.07. The molecule has 0 spiro atoms. The highest BCUT2D eigenvalue weighted by Gasteiger charge is 2.24. The van der Waals surface area contributed by atoms with Crippen molar-refractivity contribution in [2.45, 2.75) is 12.5 Å². The number of fused-ring (bicyclic) bond motifs is 1. The van der Waals surface area contributed by atoms with E-state index in [1.807, 2.05) is 36.4 Å². The van der Waals surface area contributed by atoms with Crippen LogP contribution in [0.15, 0.2) is 54.6 Å². The molecule has 27 heavy (non-hydrogen) atoms. The number of nitrogens with two attached hydrogens (primary N) is 1. The molecule has 0 bridgehead atoms. The minimum absolute atomic E-state index is 0.0380. The van der Waals surface area contributed by atoms with E-state index in [0.29, 0.717) is 17.7 Å². The maximum Gasteiger partial charge on any atom is 0.257 e. The molecule has 0 aliphatic heterocycles. The van der Waals surface area contributed by atoms with Crippen LogP contribution in [0.5, 0.6) is 0 Å². The molecule has 0 saturated heterocycles. The molecule has 3 N–H and O–H groups in total.